The van der Waals surface area contributed by atoms with E-state index < -0.39 is 0 Å². The fourth-order valence-electron chi connectivity index (χ4n) is 0.917. The van der Waals surface area contributed by atoms with Gasteiger partial charge < -0.3 is 4.90 Å². The van der Waals surface area contributed by atoms with Crippen molar-refractivity contribution in [2.75, 3.05) is 14.1 Å². The van der Waals surface area contributed by atoms with Gasteiger partial charge in [-0.2, -0.15) is 0 Å². The molecule has 0 aromatic carbocycles. The summed E-state index contributed by atoms with van der Waals surface area (Å²) in [6, 6.07) is 0.619. The maximum Gasteiger partial charge on any atom is 0.0846 e. The molecule has 10 heavy (non-hydrogen) atoms. The summed E-state index contributed by atoms with van der Waals surface area (Å²) in [4.78, 5) is 6.08. The van der Waals surface area contributed by atoms with Gasteiger partial charge in [-0.05, 0) is 13.3 Å². The van der Waals surface area contributed by atoms with Gasteiger partial charge >= 0.3 is 0 Å². The lowest BCUT2D eigenvalue weighted by atomic mass is 10.2. The zero-order valence-electron chi connectivity index (χ0n) is 7.46. The first-order chi connectivity index (χ1) is 4.72. The monoisotopic (exact) mass is 142 g/mol. The lowest BCUT2D eigenvalue weighted by molar-refractivity contribution is 0.376. The molecule has 0 rings (SSSR count). The summed E-state index contributed by atoms with van der Waals surface area (Å²) in [6.45, 7) is 4.42. The molecule has 0 fully saturated rings. The lowest BCUT2D eigenvalue weighted by Crippen LogP contribution is -2.27. The van der Waals surface area contributed by atoms with Crippen molar-refractivity contribution in [2.24, 2.45) is 4.99 Å². The van der Waals surface area contributed by atoms with E-state index in [1.54, 1.807) is 7.05 Å². The molecule has 0 saturated heterocycles. The van der Waals surface area contributed by atoms with Gasteiger partial charge in [0, 0.05) is 20.1 Å². The average molecular weight is 142 g/mol. The van der Waals surface area contributed by atoms with Gasteiger partial charge in [-0.3, -0.25) is 4.99 Å². The van der Waals surface area contributed by atoms with E-state index in [1.165, 1.54) is 12.8 Å². The van der Waals surface area contributed by atoms with Crippen LogP contribution in [0.5, 0.6) is 0 Å². The van der Waals surface area contributed by atoms with E-state index in [-0.39, 0.29) is 0 Å². The molecule has 0 heterocycles. The highest BCUT2D eigenvalue weighted by Gasteiger charge is 2.02. The summed E-state index contributed by atoms with van der Waals surface area (Å²) in [5.74, 6) is 0. The fraction of sp³-hybridized carbons (Fsp3) is 0.875. The molecule has 0 aliphatic rings. The van der Waals surface area contributed by atoms with Crippen LogP contribution in [0.1, 0.15) is 26.7 Å². The van der Waals surface area contributed by atoms with E-state index >= 15 is 0 Å². The molecule has 2 nitrogen and oxygen atoms in total. The Labute approximate surface area is 63.9 Å². The van der Waals surface area contributed by atoms with Crippen LogP contribution >= 0.6 is 0 Å². The zero-order chi connectivity index (χ0) is 7.98. The summed E-state index contributed by atoms with van der Waals surface area (Å²) < 4.78 is 0. The van der Waals surface area contributed by atoms with Crippen molar-refractivity contribution in [3.63, 3.8) is 0 Å². The predicted molar refractivity (Wildman–Crippen MR) is 46.5 cm³/mol. The molecule has 0 saturated carbocycles. The first kappa shape index (κ1) is 9.47. The topological polar surface area (TPSA) is 15.6 Å². The standard InChI is InChI=1S/C8H18N2/c1-5-6-8(2)10(4)7-9-3/h7-8H,5-6H2,1-4H3/t8-/m0/s1. The van der Waals surface area contributed by atoms with Crippen LogP contribution < -0.4 is 0 Å². The lowest BCUT2D eigenvalue weighted by Gasteiger charge is -2.21. The summed E-state index contributed by atoms with van der Waals surface area (Å²) in [7, 11) is 3.86. The molecule has 0 unspecified atom stereocenters. The summed E-state index contributed by atoms with van der Waals surface area (Å²) in [5.41, 5.74) is 0. The molecule has 0 aromatic rings. The van der Waals surface area contributed by atoms with Gasteiger partial charge in [0.1, 0.15) is 0 Å². The molecule has 0 spiro atoms. The van der Waals surface area contributed by atoms with Crippen LogP contribution in [-0.2, 0) is 0 Å². The Morgan fingerprint density at radius 1 is 1.60 bits per heavy atom. The molecule has 0 N–H and O–H groups in total. The zero-order valence-corrected chi connectivity index (χ0v) is 7.46. The molecule has 2 heteroatoms. The molecule has 0 bridgehead atoms. The first-order valence-electron chi connectivity index (χ1n) is 3.86. The van der Waals surface area contributed by atoms with E-state index in [9.17, 15) is 0 Å². The van der Waals surface area contributed by atoms with Gasteiger partial charge in [-0.1, -0.05) is 13.3 Å². The molecule has 1 atom stereocenters. The van der Waals surface area contributed by atoms with E-state index in [4.69, 9.17) is 0 Å². The van der Waals surface area contributed by atoms with E-state index in [0.717, 1.165) is 0 Å². The average Bonchev–Trinajstić information content (AvgIpc) is 1.89. The molecule has 0 amide bonds. The van der Waals surface area contributed by atoms with Gasteiger partial charge in [-0.25, -0.2) is 0 Å². The molecular formula is C8H18N2. The van der Waals surface area contributed by atoms with Crippen molar-refractivity contribution < 1.29 is 0 Å². The highest BCUT2D eigenvalue weighted by molar-refractivity contribution is 5.54. The van der Waals surface area contributed by atoms with Crippen molar-refractivity contribution in [1.29, 1.82) is 0 Å². The third-order valence-electron chi connectivity index (χ3n) is 1.70. The Hall–Kier alpha value is -0.530. The van der Waals surface area contributed by atoms with Crippen molar-refractivity contribution >= 4 is 6.34 Å². The van der Waals surface area contributed by atoms with Crippen LogP contribution in [0.2, 0.25) is 0 Å². The molecule has 0 aliphatic heterocycles. The van der Waals surface area contributed by atoms with Crippen LogP contribution in [0.3, 0.4) is 0 Å². The second-order valence-electron chi connectivity index (χ2n) is 2.68. The quantitative estimate of drug-likeness (QED) is 0.431. The van der Waals surface area contributed by atoms with E-state index in [2.05, 4.69) is 30.8 Å². The Morgan fingerprint density at radius 2 is 2.20 bits per heavy atom. The van der Waals surface area contributed by atoms with Crippen molar-refractivity contribution in [2.45, 2.75) is 32.7 Å². The van der Waals surface area contributed by atoms with Crippen LogP contribution in [-0.4, -0.2) is 31.4 Å². The normalized spacial score (nSPS) is 14.0. The van der Waals surface area contributed by atoms with E-state index in [0.29, 0.717) is 6.04 Å². The maximum atomic E-state index is 3.94. The van der Waals surface area contributed by atoms with Crippen LogP contribution in [0.4, 0.5) is 0 Å². The second kappa shape index (κ2) is 5.27. The number of hydrogen-bond donors (Lipinski definition) is 0. The Balaban J connectivity index is 3.58. The molecule has 0 aromatic heterocycles. The Bertz CT molecular complexity index is 99.4. The SMILES string of the molecule is CCC[C@H](C)N(C)C=NC. The minimum absolute atomic E-state index is 0.619. The smallest absolute Gasteiger partial charge is 0.0846 e. The van der Waals surface area contributed by atoms with Gasteiger partial charge in [-0.15, -0.1) is 0 Å². The van der Waals surface area contributed by atoms with Gasteiger partial charge in [0.25, 0.3) is 0 Å². The fourth-order valence-corrected chi connectivity index (χ4v) is 0.917. The molecular weight excluding hydrogens is 124 g/mol. The van der Waals surface area contributed by atoms with Gasteiger partial charge in [0.15, 0.2) is 0 Å². The van der Waals surface area contributed by atoms with Crippen molar-refractivity contribution in [3.8, 4) is 0 Å². The third-order valence-corrected chi connectivity index (χ3v) is 1.70. The van der Waals surface area contributed by atoms with Gasteiger partial charge in [0.2, 0.25) is 0 Å². The molecule has 0 radical (unpaired) electrons. The summed E-state index contributed by atoms with van der Waals surface area (Å²) in [5, 5.41) is 0. The second-order valence-corrected chi connectivity index (χ2v) is 2.68. The minimum Gasteiger partial charge on any atom is -0.363 e. The molecule has 60 valence electrons. The van der Waals surface area contributed by atoms with Crippen LogP contribution in [0.25, 0.3) is 0 Å². The molecule has 0 aliphatic carbocycles. The number of hydrogen-bond acceptors (Lipinski definition) is 1. The van der Waals surface area contributed by atoms with Crippen molar-refractivity contribution in [3.05, 3.63) is 0 Å². The van der Waals surface area contributed by atoms with Crippen LogP contribution in [0.15, 0.2) is 4.99 Å². The first-order valence-corrected chi connectivity index (χ1v) is 3.86. The highest BCUT2D eigenvalue weighted by Crippen LogP contribution is 2.00. The summed E-state index contributed by atoms with van der Waals surface area (Å²) >= 11 is 0. The largest absolute Gasteiger partial charge is 0.363 e. The predicted octanol–water partition coefficient (Wildman–Crippen LogP) is 1.76. The van der Waals surface area contributed by atoms with Crippen LogP contribution in [0, 0.1) is 0 Å². The summed E-state index contributed by atoms with van der Waals surface area (Å²) in [6.07, 6.45) is 4.35. The number of nitrogens with zero attached hydrogens (tertiary/aromatic N) is 2. The highest BCUT2D eigenvalue weighted by atomic mass is 15.1. The maximum absolute atomic E-state index is 3.94. The third kappa shape index (κ3) is 3.49. The van der Waals surface area contributed by atoms with E-state index in [1.807, 2.05) is 6.34 Å². The number of rotatable bonds is 4. The van der Waals surface area contributed by atoms with Gasteiger partial charge in [0.05, 0.1) is 6.34 Å². The Morgan fingerprint density at radius 3 is 2.60 bits per heavy atom. The number of aliphatic imine (C=N–C) groups is 1. The Kier molecular flexibility index (Phi) is 4.99. The minimum atomic E-state index is 0.619. The van der Waals surface area contributed by atoms with Crippen molar-refractivity contribution in [1.82, 2.24) is 4.90 Å².